The van der Waals surface area contributed by atoms with Crippen molar-refractivity contribution in [2.24, 2.45) is 0 Å². The third kappa shape index (κ3) is 2.13. The first kappa shape index (κ1) is 11.9. The number of nitriles is 1. The molecule has 0 unspecified atom stereocenters. The Morgan fingerprint density at radius 1 is 1.47 bits per heavy atom. The second kappa shape index (κ2) is 4.87. The lowest BCUT2D eigenvalue weighted by atomic mass is 10.1. The topological polar surface area (TPSA) is 53.6 Å². The lowest BCUT2D eigenvalue weighted by molar-refractivity contribution is 0.614. The maximum Gasteiger partial charge on any atom is 0.0994 e. The molecule has 0 aliphatic carbocycles. The minimum absolute atomic E-state index is 0.368. The molecule has 1 aromatic carbocycles. The predicted octanol–water partition coefficient (Wildman–Crippen LogP) is 2.48. The highest BCUT2D eigenvalue weighted by molar-refractivity contribution is 5.48. The molecule has 1 aromatic heterocycles. The summed E-state index contributed by atoms with van der Waals surface area (Å²) in [6.45, 7) is 3.12. The van der Waals surface area contributed by atoms with Crippen molar-refractivity contribution >= 4 is 0 Å². The summed E-state index contributed by atoms with van der Waals surface area (Å²) in [6, 6.07) is 8.33. The van der Waals surface area contributed by atoms with E-state index in [0.717, 1.165) is 24.2 Å². The Morgan fingerprint density at radius 3 is 3.11 bits per heavy atom. The Morgan fingerprint density at radius 2 is 2.37 bits per heavy atom. The van der Waals surface area contributed by atoms with Crippen molar-refractivity contribution in [2.45, 2.75) is 25.8 Å². The number of hydrogen-bond donors (Lipinski definition) is 1. The molecule has 1 aliphatic heterocycles. The maximum atomic E-state index is 9.04. The number of aromatic nitrogens is 2. The SMILES string of the molecule is Cc1ccc(C#N)cc1-n1cncc1[C@@H]1CCCN1. The number of benzene rings is 1. The second-order valence-corrected chi connectivity index (χ2v) is 4.95. The zero-order valence-corrected chi connectivity index (χ0v) is 10.9. The van der Waals surface area contributed by atoms with E-state index in [2.05, 4.69) is 27.9 Å². The van der Waals surface area contributed by atoms with Gasteiger partial charge in [0.05, 0.1) is 35.5 Å². The third-order valence-corrected chi connectivity index (χ3v) is 3.68. The number of hydrogen-bond acceptors (Lipinski definition) is 3. The van der Waals surface area contributed by atoms with Crippen LogP contribution in [0.25, 0.3) is 5.69 Å². The molecule has 1 atom stereocenters. The van der Waals surface area contributed by atoms with Gasteiger partial charge in [-0.25, -0.2) is 4.98 Å². The first-order valence-electron chi connectivity index (χ1n) is 6.56. The lowest BCUT2D eigenvalue weighted by Gasteiger charge is -2.15. The van der Waals surface area contributed by atoms with Gasteiger partial charge >= 0.3 is 0 Å². The van der Waals surface area contributed by atoms with Crippen molar-refractivity contribution in [1.82, 2.24) is 14.9 Å². The Kier molecular flexibility index (Phi) is 3.06. The van der Waals surface area contributed by atoms with Crippen LogP contribution >= 0.6 is 0 Å². The first-order valence-corrected chi connectivity index (χ1v) is 6.56. The minimum Gasteiger partial charge on any atom is -0.309 e. The van der Waals surface area contributed by atoms with Gasteiger partial charge in [0.1, 0.15) is 0 Å². The average molecular weight is 252 g/mol. The van der Waals surface area contributed by atoms with E-state index in [1.54, 1.807) is 0 Å². The van der Waals surface area contributed by atoms with Crippen LogP contribution < -0.4 is 5.32 Å². The van der Waals surface area contributed by atoms with Crippen molar-refractivity contribution in [3.63, 3.8) is 0 Å². The van der Waals surface area contributed by atoms with Crippen LogP contribution in [-0.4, -0.2) is 16.1 Å². The molecule has 96 valence electrons. The first-order chi connectivity index (χ1) is 9.29. The Balaban J connectivity index is 2.07. The van der Waals surface area contributed by atoms with Crippen LogP contribution in [0.2, 0.25) is 0 Å². The van der Waals surface area contributed by atoms with E-state index in [1.807, 2.05) is 30.7 Å². The standard InChI is InChI=1S/C15H16N4/c1-11-4-5-12(8-16)7-14(11)19-10-17-9-15(19)13-3-2-6-18-13/h4-5,7,9-10,13,18H,2-3,6H2,1H3/t13-/m0/s1. The lowest BCUT2D eigenvalue weighted by Crippen LogP contribution is -2.16. The van der Waals surface area contributed by atoms with Crippen molar-refractivity contribution in [1.29, 1.82) is 5.26 Å². The fourth-order valence-corrected chi connectivity index (χ4v) is 2.64. The van der Waals surface area contributed by atoms with E-state index in [0.29, 0.717) is 11.6 Å². The van der Waals surface area contributed by atoms with Crippen molar-refractivity contribution < 1.29 is 0 Å². The van der Waals surface area contributed by atoms with Gasteiger partial charge in [-0.3, -0.25) is 0 Å². The molecule has 1 N–H and O–H groups in total. The highest BCUT2D eigenvalue weighted by Crippen LogP contribution is 2.26. The average Bonchev–Trinajstić information content (AvgIpc) is 3.09. The molecule has 1 fully saturated rings. The minimum atomic E-state index is 0.368. The molecule has 0 saturated carbocycles. The summed E-state index contributed by atoms with van der Waals surface area (Å²) in [5, 5.41) is 12.5. The Bertz CT molecular complexity index is 630. The molecule has 0 spiro atoms. The van der Waals surface area contributed by atoms with Crippen molar-refractivity contribution in [3.05, 3.63) is 47.5 Å². The van der Waals surface area contributed by atoms with Crippen molar-refractivity contribution in [3.8, 4) is 11.8 Å². The largest absolute Gasteiger partial charge is 0.309 e. The Hall–Kier alpha value is -2.12. The summed E-state index contributed by atoms with van der Waals surface area (Å²) in [4.78, 5) is 4.28. The molecule has 3 rings (SSSR count). The van der Waals surface area contributed by atoms with Gasteiger partial charge in [-0.15, -0.1) is 0 Å². The van der Waals surface area contributed by atoms with Gasteiger partial charge in [0, 0.05) is 6.04 Å². The van der Waals surface area contributed by atoms with Crippen LogP contribution in [0.3, 0.4) is 0 Å². The molecular weight excluding hydrogens is 236 g/mol. The molecule has 0 radical (unpaired) electrons. The highest BCUT2D eigenvalue weighted by Gasteiger charge is 2.20. The molecule has 4 nitrogen and oxygen atoms in total. The van der Waals surface area contributed by atoms with E-state index < -0.39 is 0 Å². The van der Waals surface area contributed by atoms with Gasteiger partial charge in [0.2, 0.25) is 0 Å². The van der Waals surface area contributed by atoms with Gasteiger partial charge in [-0.05, 0) is 44.0 Å². The molecule has 19 heavy (non-hydrogen) atoms. The quantitative estimate of drug-likeness (QED) is 0.893. The fraction of sp³-hybridized carbons (Fsp3) is 0.333. The summed E-state index contributed by atoms with van der Waals surface area (Å²) in [7, 11) is 0. The monoisotopic (exact) mass is 252 g/mol. The van der Waals surface area contributed by atoms with E-state index in [9.17, 15) is 0 Å². The molecule has 0 amide bonds. The van der Waals surface area contributed by atoms with Gasteiger partial charge < -0.3 is 9.88 Å². The van der Waals surface area contributed by atoms with E-state index >= 15 is 0 Å². The number of aryl methyl sites for hydroxylation is 1. The number of rotatable bonds is 2. The van der Waals surface area contributed by atoms with Crippen LogP contribution in [0.15, 0.2) is 30.7 Å². The van der Waals surface area contributed by atoms with E-state index in [-0.39, 0.29) is 0 Å². The number of imidazole rings is 1. The van der Waals surface area contributed by atoms with Crippen LogP contribution in [0.4, 0.5) is 0 Å². The molecular formula is C15H16N4. The normalized spacial score (nSPS) is 18.4. The molecule has 4 heteroatoms. The summed E-state index contributed by atoms with van der Waals surface area (Å²) >= 11 is 0. The molecule has 0 bridgehead atoms. The molecule has 1 saturated heterocycles. The summed E-state index contributed by atoms with van der Waals surface area (Å²) in [5.41, 5.74) is 4.05. The second-order valence-electron chi connectivity index (χ2n) is 4.95. The van der Waals surface area contributed by atoms with Crippen LogP contribution in [-0.2, 0) is 0 Å². The highest BCUT2D eigenvalue weighted by atomic mass is 15.1. The zero-order chi connectivity index (χ0) is 13.2. The van der Waals surface area contributed by atoms with Gasteiger partial charge in [0.15, 0.2) is 0 Å². The molecule has 1 aliphatic rings. The maximum absolute atomic E-state index is 9.04. The Labute approximate surface area is 112 Å². The van der Waals surface area contributed by atoms with Gasteiger partial charge in [-0.1, -0.05) is 6.07 Å². The van der Waals surface area contributed by atoms with Gasteiger partial charge in [-0.2, -0.15) is 5.26 Å². The van der Waals surface area contributed by atoms with Gasteiger partial charge in [0.25, 0.3) is 0 Å². The number of nitrogens with one attached hydrogen (secondary N) is 1. The smallest absolute Gasteiger partial charge is 0.0994 e. The summed E-state index contributed by atoms with van der Waals surface area (Å²) < 4.78 is 2.10. The fourth-order valence-electron chi connectivity index (χ4n) is 2.64. The molecule has 2 heterocycles. The van der Waals surface area contributed by atoms with E-state index in [1.165, 1.54) is 12.1 Å². The molecule has 2 aromatic rings. The predicted molar refractivity (Wildman–Crippen MR) is 73.0 cm³/mol. The zero-order valence-electron chi connectivity index (χ0n) is 10.9. The third-order valence-electron chi connectivity index (χ3n) is 3.68. The van der Waals surface area contributed by atoms with Crippen molar-refractivity contribution in [2.75, 3.05) is 6.54 Å². The van der Waals surface area contributed by atoms with E-state index in [4.69, 9.17) is 5.26 Å². The summed E-state index contributed by atoms with van der Waals surface area (Å²) in [5.74, 6) is 0. The van der Waals surface area contributed by atoms with Crippen LogP contribution in [0, 0.1) is 18.3 Å². The van der Waals surface area contributed by atoms with Crippen LogP contribution in [0.5, 0.6) is 0 Å². The summed E-state index contributed by atoms with van der Waals surface area (Å²) in [6.07, 6.45) is 6.09. The number of nitrogens with zero attached hydrogens (tertiary/aromatic N) is 3. The van der Waals surface area contributed by atoms with Crippen LogP contribution in [0.1, 0.15) is 35.7 Å².